The molecule has 0 amide bonds. The van der Waals surface area contributed by atoms with Gasteiger partial charge in [-0.1, -0.05) is 201 Å². The number of aliphatic imine (C=N–C) groups is 1. The third kappa shape index (κ3) is 8.87. The van der Waals surface area contributed by atoms with E-state index in [9.17, 15) is 0 Å². The second kappa shape index (κ2) is 23.0. The molecule has 3 N–H and O–H groups in total. The molecule has 1 aliphatic heterocycles. The minimum absolute atomic E-state index is 0.344. The summed E-state index contributed by atoms with van der Waals surface area (Å²) in [6.45, 7) is 32.7. The first-order valence-electron chi connectivity index (χ1n) is 24.5. The number of fused-ring (bicyclic) bond motifs is 10. The van der Waals surface area contributed by atoms with E-state index in [1.54, 1.807) is 0 Å². The molecule has 2 atom stereocenters. The highest BCUT2D eigenvalue weighted by Crippen LogP contribution is 2.64. The quantitative estimate of drug-likeness (QED) is 0.0998. The van der Waals surface area contributed by atoms with E-state index in [0.717, 1.165) is 74.7 Å². The third-order valence-corrected chi connectivity index (χ3v) is 12.4. The first kappa shape index (κ1) is 50.2. The molecule has 2 heterocycles. The molecule has 10 rings (SSSR count). The number of likely N-dealkylation sites (N-methyl/N-ethyl adjacent to an activating group) is 1. The first-order chi connectivity index (χ1) is 33.4. The molecule has 348 valence electrons. The van der Waals surface area contributed by atoms with Crippen LogP contribution in [0.15, 0.2) is 186 Å². The van der Waals surface area contributed by atoms with E-state index in [-0.39, 0.29) is 6.17 Å². The van der Waals surface area contributed by atoms with E-state index in [1.165, 1.54) is 50.1 Å². The lowest BCUT2D eigenvalue weighted by atomic mass is 9.70. The van der Waals surface area contributed by atoms with Gasteiger partial charge in [0, 0.05) is 35.8 Å². The van der Waals surface area contributed by atoms with Crippen molar-refractivity contribution in [2.24, 2.45) is 4.99 Å². The fraction of sp³-hybridized carbons (Fsp3) is 0.222. The maximum absolute atomic E-state index is 6.41. The Morgan fingerprint density at radius 2 is 1.43 bits per heavy atom. The molecule has 5 nitrogen and oxygen atoms in total. The molecule has 1 spiro atoms. The van der Waals surface area contributed by atoms with Gasteiger partial charge in [-0.3, -0.25) is 4.99 Å². The van der Waals surface area contributed by atoms with Gasteiger partial charge in [0.2, 0.25) is 5.88 Å². The Balaban J connectivity index is 0.000000578. The summed E-state index contributed by atoms with van der Waals surface area (Å²) in [4.78, 5) is 5.35. The molecule has 2 aliphatic carbocycles. The number of hydrogen-bond donors (Lipinski definition) is 3. The normalized spacial score (nSPS) is 16.2. The molecule has 2 unspecified atom stereocenters. The summed E-state index contributed by atoms with van der Waals surface area (Å²) in [5.74, 6) is 0.736. The largest absolute Gasteiger partial charge is 0.440 e. The van der Waals surface area contributed by atoms with Crippen LogP contribution < -0.4 is 16.0 Å². The van der Waals surface area contributed by atoms with Gasteiger partial charge in [-0.15, -0.1) is 6.58 Å². The molecule has 5 heteroatoms. The van der Waals surface area contributed by atoms with Gasteiger partial charge in [0.15, 0.2) is 0 Å². The molecule has 0 saturated carbocycles. The zero-order valence-corrected chi connectivity index (χ0v) is 42.0. The fourth-order valence-corrected chi connectivity index (χ4v) is 9.75. The second-order valence-corrected chi connectivity index (χ2v) is 15.9. The maximum Gasteiger partial charge on any atom is 0.205 e. The van der Waals surface area contributed by atoms with E-state index in [1.807, 2.05) is 85.0 Å². The fourth-order valence-electron chi connectivity index (χ4n) is 9.75. The molecule has 6 aromatic carbocycles. The second-order valence-electron chi connectivity index (χ2n) is 15.9. The van der Waals surface area contributed by atoms with Crippen LogP contribution in [0.1, 0.15) is 112 Å². The minimum atomic E-state index is -0.499. The summed E-state index contributed by atoms with van der Waals surface area (Å²) < 4.78 is 6.41. The number of para-hydroxylation sites is 1. The zero-order chi connectivity index (χ0) is 49.0. The maximum atomic E-state index is 6.41. The molecular weight excluding hydrogens is 829 g/mol. The standard InChI is InChI=1S/C52H41N3O.C5H11N.3C2H6/c1-6-15-36-31(3)23-27-44-47(36)40-29-34(25-28-43(40)52(44)41(16-7-2)32(4)37-19-11-13-21-42(37)52)38-26-24-35(30-45(38)53-5)50-54-49(33-17-9-8-10-18-33)48-39-20-12-14-22-46(39)56-51(48)55-50;1-3-5-6-4-2;3*1-2/h6-30,50,53,55H,2,4H2,1,3,5H3;3,6H,1,4-5H2,2H3;3*1-2H3/b15-6-,41-16+;;;;. The van der Waals surface area contributed by atoms with Crippen LogP contribution in [0.5, 0.6) is 0 Å². The molecular formula is C63H70N4O. The van der Waals surface area contributed by atoms with Crippen LogP contribution in [0.2, 0.25) is 0 Å². The van der Waals surface area contributed by atoms with Crippen LogP contribution in [0.4, 0.5) is 11.6 Å². The van der Waals surface area contributed by atoms with Gasteiger partial charge in [0.25, 0.3) is 0 Å². The Morgan fingerprint density at radius 1 is 0.735 bits per heavy atom. The highest BCUT2D eigenvalue weighted by Gasteiger charge is 2.53. The molecule has 0 saturated heterocycles. The highest BCUT2D eigenvalue weighted by atomic mass is 16.4. The van der Waals surface area contributed by atoms with Crippen molar-refractivity contribution in [2.75, 3.05) is 30.8 Å². The number of nitrogens with zero attached hydrogens (tertiary/aromatic N) is 1. The van der Waals surface area contributed by atoms with Crippen molar-refractivity contribution in [2.45, 2.75) is 73.9 Å². The summed E-state index contributed by atoms with van der Waals surface area (Å²) in [5.41, 5.74) is 19.9. The Hall–Kier alpha value is -7.21. The number of benzene rings is 6. The van der Waals surface area contributed by atoms with Crippen LogP contribution in [-0.2, 0) is 5.41 Å². The van der Waals surface area contributed by atoms with Crippen molar-refractivity contribution in [3.63, 3.8) is 0 Å². The average Bonchev–Trinajstić information content (AvgIpc) is 4.01. The Kier molecular flexibility index (Phi) is 17.0. The summed E-state index contributed by atoms with van der Waals surface area (Å²) in [6, 6.07) is 45.6. The van der Waals surface area contributed by atoms with Crippen molar-refractivity contribution in [1.29, 1.82) is 0 Å². The highest BCUT2D eigenvalue weighted by molar-refractivity contribution is 6.23. The zero-order valence-electron chi connectivity index (χ0n) is 42.0. The summed E-state index contributed by atoms with van der Waals surface area (Å²) in [6.07, 6.45) is 9.99. The summed E-state index contributed by atoms with van der Waals surface area (Å²) >= 11 is 0. The molecule has 3 aliphatic rings. The van der Waals surface area contributed by atoms with Crippen molar-refractivity contribution in [3.8, 4) is 22.3 Å². The predicted octanol–water partition coefficient (Wildman–Crippen LogP) is 16.8. The number of rotatable bonds is 9. The lowest BCUT2D eigenvalue weighted by Gasteiger charge is -2.31. The lowest BCUT2D eigenvalue weighted by molar-refractivity contribution is 0.609. The molecule has 1 aromatic heterocycles. The SMILES string of the molecule is C=C/C=C1\C(=C)c2ccccc2C12c1ccc(-c3ccc(C4N=C(c5ccccc5)c5c(oc6ccccc56)N4)cc3NC)cc1-c1c2ccc(C)c1/C=C\C.C=CCNCC.CC.CC.CC. The van der Waals surface area contributed by atoms with E-state index < -0.39 is 5.41 Å². The van der Waals surface area contributed by atoms with Gasteiger partial charge >= 0.3 is 0 Å². The van der Waals surface area contributed by atoms with Crippen molar-refractivity contribution in [3.05, 3.63) is 227 Å². The molecule has 0 fully saturated rings. The number of furan rings is 1. The topological polar surface area (TPSA) is 61.6 Å². The van der Waals surface area contributed by atoms with E-state index >= 15 is 0 Å². The number of allylic oxidation sites excluding steroid dienone is 5. The van der Waals surface area contributed by atoms with Crippen molar-refractivity contribution in [1.82, 2.24) is 5.32 Å². The van der Waals surface area contributed by atoms with Gasteiger partial charge in [0.1, 0.15) is 11.7 Å². The minimum Gasteiger partial charge on any atom is -0.440 e. The number of aryl methyl sites for hydroxylation is 1. The summed E-state index contributed by atoms with van der Waals surface area (Å²) in [7, 11) is 1.99. The number of nitrogens with one attached hydrogen (secondary N) is 3. The predicted molar refractivity (Wildman–Crippen MR) is 297 cm³/mol. The smallest absolute Gasteiger partial charge is 0.205 e. The van der Waals surface area contributed by atoms with Crippen LogP contribution in [0.25, 0.3) is 44.9 Å². The van der Waals surface area contributed by atoms with Crippen LogP contribution in [0, 0.1) is 6.92 Å². The Morgan fingerprint density at radius 3 is 2.12 bits per heavy atom. The van der Waals surface area contributed by atoms with Gasteiger partial charge in [0.05, 0.1) is 16.7 Å². The lowest BCUT2D eigenvalue weighted by Crippen LogP contribution is -2.26. The Bertz CT molecular complexity index is 3000. The van der Waals surface area contributed by atoms with Gasteiger partial charge in [-0.25, -0.2) is 0 Å². The molecule has 7 aromatic rings. The molecule has 0 bridgehead atoms. The average molecular weight is 899 g/mol. The molecule has 0 radical (unpaired) electrons. The number of hydrogen-bond acceptors (Lipinski definition) is 5. The summed E-state index contributed by atoms with van der Waals surface area (Å²) in [5, 5.41) is 11.3. The monoisotopic (exact) mass is 899 g/mol. The van der Waals surface area contributed by atoms with Crippen LogP contribution in [-0.4, -0.2) is 25.8 Å². The van der Waals surface area contributed by atoms with Crippen LogP contribution >= 0.6 is 0 Å². The Labute approximate surface area is 406 Å². The number of anilines is 2. The van der Waals surface area contributed by atoms with Gasteiger partial charge in [-0.2, -0.15) is 0 Å². The first-order valence-corrected chi connectivity index (χ1v) is 24.5. The van der Waals surface area contributed by atoms with Crippen LogP contribution in [0.3, 0.4) is 0 Å². The molecule has 68 heavy (non-hydrogen) atoms. The van der Waals surface area contributed by atoms with E-state index in [4.69, 9.17) is 9.41 Å². The van der Waals surface area contributed by atoms with Crippen molar-refractivity contribution < 1.29 is 4.42 Å². The van der Waals surface area contributed by atoms with Crippen molar-refractivity contribution >= 4 is 39.9 Å². The van der Waals surface area contributed by atoms with E-state index in [2.05, 4.69) is 178 Å². The van der Waals surface area contributed by atoms with Gasteiger partial charge < -0.3 is 20.4 Å². The third-order valence-electron chi connectivity index (χ3n) is 12.4. The van der Waals surface area contributed by atoms with E-state index in [0.29, 0.717) is 0 Å². The van der Waals surface area contributed by atoms with Gasteiger partial charge in [-0.05, 0) is 105 Å².